The molecule has 2 unspecified atom stereocenters. The molecule has 6 heteroatoms. The third-order valence-corrected chi connectivity index (χ3v) is 4.50. The molecule has 2 fully saturated rings. The Kier molecular flexibility index (Phi) is 6.06. The van der Waals surface area contributed by atoms with E-state index in [4.69, 9.17) is 0 Å². The van der Waals surface area contributed by atoms with Gasteiger partial charge in [-0.1, -0.05) is 13.8 Å². The molecule has 126 valence electrons. The normalized spacial score (nSPS) is 26.2. The number of nitrogens with zero attached hydrogens (tertiary/aromatic N) is 2. The summed E-state index contributed by atoms with van der Waals surface area (Å²) in [6.45, 7) is 10.7. The molecule has 0 radical (unpaired) electrons. The van der Waals surface area contributed by atoms with Gasteiger partial charge in [-0.2, -0.15) is 0 Å². The summed E-state index contributed by atoms with van der Waals surface area (Å²) in [4.78, 5) is 28.7. The Morgan fingerprint density at radius 1 is 1.32 bits per heavy atom. The summed E-state index contributed by atoms with van der Waals surface area (Å²) in [5.41, 5.74) is 0. The van der Waals surface area contributed by atoms with Gasteiger partial charge < -0.3 is 20.4 Å². The van der Waals surface area contributed by atoms with E-state index >= 15 is 0 Å². The second-order valence-electron chi connectivity index (χ2n) is 6.95. The minimum Gasteiger partial charge on any atom is -0.338 e. The van der Waals surface area contributed by atoms with Gasteiger partial charge in [-0.05, 0) is 25.7 Å². The molecule has 2 heterocycles. The van der Waals surface area contributed by atoms with Gasteiger partial charge in [-0.15, -0.1) is 0 Å². The molecule has 6 nitrogen and oxygen atoms in total. The largest absolute Gasteiger partial charge is 0.338 e. The Bertz CT molecular complexity index is 400. The van der Waals surface area contributed by atoms with Gasteiger partial charge in [-0.3, -0.25) is 4.79 Å². The van der Waals surface area contributed by atoms with Crippen molar-refractivity contribution in [1.29, 1.82) is 0 Å². The number of urea groups is 1. The zero-order valence-corrected chi connectivity index (χ0v) is 14.1. The third-order valence-electron chi connectivity index (χ3n) is 4.50. The van der Waals surface area contributed by atoms with Crippen LogP contribution in [0, 0.1) is 11.8 Å². The van der Waals surface area contributed by atoms with Crippen LogP contribution in [-0.4, -0.2) is 67.0 Å². The van der Waals surface area contributed by atoms with E-state index in [2.05, 4.69) is 31.4 Å². The molecule has 0 bridgehead atoms. The highest BCUT2D eigenvalue weighted by molar-refractivity contribution is 5.81. The van der Waals surface area contributed by atoms with Crippen molar-refractivity contribution in [2.75, 3.05) is 39.3 Å². The van der Waals surface area contributed by atoms with Gasteiger partial charge in [0.1, 0.15) is 0 Å². The molecule has 2 atom stereocenters. The summed E-state index contributed by atoms with van der Waals surface area (Å²) in [7, 11) is 0. The van der Waals surface area contributed by atoms with E-state index in [-0.39, 0.29) is 23.9 Å². The lowest BCUT2D eigenvalue weighted by Crippen LogP contribution is -2.56. The van der Waals surface area contributed by atoms with Gasteiger partial charge in [-0.25, -0.2) is 4.79 Å². The predicted octanol–water partition coefficient (Wildman–Crippen LogP) is 0.884. The van der Waals surface area contributed by atoms with Crippen molar-refractivity contribution in [2.24, 2.45) is 11.8 Å². The first-order valence-electron chi connectivity index (χ1n) is 8.53. The van der Waals surface area contributed by atoms with E-state index in [1.54, 1.807) is 4.90 Å². The Hall–Kier alpha value is -1.30. The van der Waals surface area contributed by atoms with Crippen LogP contribution in [0.5, 0.6) is 0 Å². The molecule has 2 N–H and O–H groups in total. The number of nitrogens with one attached hydrogen (secondary N) is 2. The second kappa shape index (κ2) is 7.81. The fourth-order valence-electron chi connectivity index (χ4n) is 3.17. The van der Waals surface area contributed by atoms with Crippen molar-refractivity contribution >= 4 is 11.9 Å². The molecule has 2 aliphatic heterocycles. The number of piperidine rings is 1. The fraction of sp³-hybridized carbons (Fsp3) is 0.875. The summed E-state index contributed by atoms with van der Waals surface area (Å²) in [6, 6.07) is 0.214. The lowest BCUT2D eigenvalue weighted by molar-refractivity contribution is -0.139. The molecule has 0 aromatic carbocycles. The van der Waals surface area contributed by atoms with Crippen LogP contribution in [-0.2, 0) is 4.79 Å². The van der Waals surface area contributed by atoms with Crippen molar-refractivity contribution in [3.63, 3.8) is 0 Å². The van der Waals surface area contributed by atoms with Gasteiger partial charge in [0, 0.05) is 45.3 Å². The van der Waals surface area contributed by atoms with Gasteiger partial charge in [0.25, 0.3) is 0 Å². The van der Waals surface area contributed by atoms with Crippen LogP contribution >= 0.6 is 0 Å². The highest BCUT2D eigenvalue weighted by Gasteiger charge is 2.33. The molecule has 3 amide bonds. The molecule has 0 aliphatic carbocycles. The van der Waals surface area contributed by atoms with Crippen molar-refractivity contribution < 1.29 is 9.59 Å². The Balaban J connectivity index is 1.89. The van der Waals surface area contributed by atoms with Crippen LogP contribution in [0.4, 0.5) is 4.79 Å². The fourth-order valence-corrected chi connectivity index (χ4v) is 3.17. The lowest BCUT2D eigenvalue weighted by atomic mass is 9.95. The zero-order valence-electron chi connectivity index (χ0n) is 14.1. The van der Waals surface area contributed by atoms with E-state index in [9.17, 15) is 9.59 Å². The first-order chi connectivity index (χ1) is 10.5. The SMILES string of the molecule is CC(C)CNC(=O)N1CCCC(C(=O)N2CCNCC2C)C1. The summed E-state index contributed by atoms with van der Waals surface area (Å²) >= 11 is 0. The monoisotopic (exact) mass is 310 g/mol. The maximum atomic E-state index is 12.7. The number of carbonyl (C=O) groups excluding carboxylic acids is 2. The molecular weight excluding hydrogens is 280 g/mol. The lowest BCUT2D eigenvalue weighted by Gasteiger charge is -2.39. The molecule has 0 aromatic heterocycles. The highest BCUT2D eigenvalue weighted by Crippen LogP contribution is 2.20. The van der Waals surface area contributed by atoms with Crippen LogP contribution in [0.25, 0.3) is 0 Å². The predicted molar refractivity (Wildman–Crippen MR) is 86.6 cm³/mol. The second-order valence-corrected chi connectivity index (χ2v) is 6.95. The van der Waals surface area contributed by atoms with Crippen LogP contribution < -0.4 is 10.6 Å². The number of likely N-dealkylation sites (tertiary alicyclic amines) is 1. The average molecular weight is 310 g/mol. The summed E-state index contributed by atoms with van der Waals surface area (Å²) in [5, 5.41) is 6.26. The summed E-state index contributed by atoms with van der Waals surface area (Å²) in [6.07, 6.45) is 1.80. The van der Waals surface area contributed by atoms with Crippen LogP contribution in [0.2, 0.25) is 0 Å². The van der Waals surface area contributed by atoms with E-state index < -0.39 is 0 Å². The zero-order chi connectivity index (χ0) is 16.1. The molecule has 2 saturated heterocycles. The number of hydrogen-bond acceptors (Lipinski definition) is 3. The Labute approximate surface area is 133 Å². The summed E-state index contributed by atoms with van der Waals surface area (Å²) in [5.74, 6) is 0.613. The Morgan fingerprint density at radius 2 is 2.09 bits per heavy atom. The van der Waals surface area contributed by atoms with Gasteiger partial charge in [0.2, 0.25) is 5.91 Å². The number of carbonyl (C=O) groups is 2. The summed E-state index contributed by atoms with van der Waals surface area (Å²) < 4.78 is 0. The molecule has 2 rings (SSSR count). The van der Waals surface area contributed by atoms with Crippen molar-refractivity contribution in [3.05, 3.63) is 0 Å². The van der Waals surface area contributed by atoms with Gasteiger partial charge in [0.05, 0.1) is 5.92 Å². The van der Waals surface area contributed by atoms with E-state index in [0.29, 0.717) is 19.0 Å². The number of amides is 3. The van der Waals surface area contributed by atoms with Crippen molar-refractivity contribution in [2.45, 2.75) is 39.7 Å². The van der Waals surface area contributed by atoms with E-state index in [1.807, 2.05) is 4.90 Å². The maximum Gasteiger partial charge on any atom is 0.317 e. The maximum absolute atomic E-state index is 12.7. The minimum atomic E-state index is -0.0425. The Morgan fingerprint density at radius 3 is 2.77 bits per heavy atom. The van der Waals surface area contributed by atoms with Gasteiger partial charge >= 0.3 is 6.03 Å². The quantitative estimate of drug-likeness (QED) is 0.813. The molecule has 0 saturated carbocycles. The first kappa shape index (κ1) is 17.1. The molecule has 22 heavy (non-hydrogen) atoms. The molecular formula is C16H30N4O2. The minimum absolute atomic E-state index is 0.0282. The van der Waals surface area contributed by atoms with E-state index in [1.165, 1.54) is 0 Å². The smallest absolute Gasteiger partial charge is 0.317 e. The van der Waals surface area contributed by atoms with Crippen molar-refractivity contribution in [1.82, 2.24) is 20.4 Å². The molecule has 2 aliphatic rings. The highest BCUT2D eigenvalue weighted by atomic mass is 16.2. The number of rotatable bonds is 3. The van der Waals surface area contributed by atoms with Crippen LogP contribution in [0.1, 0.15) is 33.6 Å². The van der Waals surface area contributed by atoms with E-state index in [0.717, 1.165) is 39.0 Å². The van der Waals surface area contributed by atoms with Crippen molar-refractivity contribution in [3.8, 4) is 0 Å². The third kappa shape index (κ3) is 4.35. The molecule has 0 spiro atoms. The number of piperazine rings is 1. The van der Waals surface area contributed by atoms with Crippen LogP contribution in [0.15, 0.2) is 0 Å². The topological polar surface area (TPSA) is 64.7 Å². The standard InChI is InChI=1S/C16H30N4O2/c1-12(2)9-18-16(22)19-7-4-5-14(11-19)15(21)20-8-6-17-10-13(20)3/h12-14,17H,4-11H2,1-3H3,(H,18,22). The van der Waals surface area contributed by atoms with Crippen LogP contribution in [0.3, 0.4) is 0 Å². The first-order valence-corrected chi connectivity index (χ1v) is 8.53. The van der Waals surface area contributed by atoms with Gasteiger partial charge in [0.15, 0.2) is 0 Å². The molecule has 0 aromatic rings. The average Bonchev–Trinajstić information content (AvgIpc) is 2.52. The number of hydrogen-bond donors (Lipinski definition) is 2.